The maximum Gasteiger partial charge on any atom is 0.313 e. The van der Waals surface area contributed by atoms with Gasteiger partial charge in [-0.25, -0.2) is 9.97 Å². The van der Waals surface area contributed by atoms with Crippen molar-refractivity contribution in [2.75, 3.05) is 11.1 Å². The fourth-order valence-electron chi connectivity index (χ4n) is 1.55. The first-order chi connectivity index (χ1) is 10.8. The minimum Gasteiger partial charge on any atom is -0.481 e. The number of nitrogens with one attached hydrogen (secondary N) is 2. The van der Waals surface area contributed by atoms with Crippen molar-refractivity contribution in [1.29, 1.82) is 0 Å². The van der Waals surface area contributed by atoms with Crippen molar-refractivity contribution in [3.05, 3.63) is 18.3 Å². The molecule has 0 aliphatic carbocycles. The Kier molecular flexibility index (Phi) is 4.99. The number of nitrogens with zero attached hydrogens (tertiary/aromatic N) is 3. The first kappa shape index (κ1) is 16.9. The zero-order chi connectivity index (χ0) is 17.0. The molecule has 0 radical (unpaired) electrons. The van der Waals surface area contributed by atoms with E-state index in [1.54, 1.807) is 39.1 Å². The average molecular weight is 335 g/mol. The van der Waals surface area contributed by atoms with Crippen LogP contribution in [0.4, 0.5) is 5.82 Å². The quantitative estimate of drug-likeness (QED) is 0.715. The van der Waals surface area contributed by atoms with Gasteiger partial charge in [0.1, 0.15) is 5.82 Å². The second-order valence-electron chi connectivity index (χ2n) is 5.75. The van der Waals surface area contributed by atoms with Gasteiger partial charge in [0, 0.05) is 11.6 Å². The van der Waals surface area contributed by atoms with E-state index in [0.717, 1.165) is 11.8 Å². The van der Waals surface area contributed by atoms with Crippen LogP contribution in [0.1, 0.15) is 20.8 Å². The molecule has 2 heterocycles. The summed E-state index contributed by atoms with van der Waals surface area (Å²) in [6, 6.07) is 3.46. The van der Waals surface area contributed by atoms with Crippen LogP contribution in [-0.2, 0) is 9.59 Å². The zero-order valence-electron chi connectivity index (χ0n) is 13.0. The summed E-state index contributed by atoms with van der Waals surface area (Å²) >= 11 is 1.01. The highest BCUT2D eigenvalue weighted by Crippen LogP contribution is 2.26. The Morgan fingerprint density at radius 3 is 2.78 bits per heavy atom. The van der Waals surface area contributed by atoms with Gasteiger partial charge in [-0.1, -0.05) is 32.5 Å². The smallest absolute Gasteiger partial charge is 0.313 e. The number of carbonyl (C=O) groups is 2. The first-order valence-corrected chi connectivity index (χ1v) is 7.80. The third kappa shape index (κ3) is 4.52. The van der Waals surface area contributed by atoms with E-state index in [1.165, 1.54) is 0 Å². The number of amides is 1. The molecule has 0 atom stereocenters. The lowest BCUT2D eigenvalue weighted by Crippen LogP contribution is -2.28. The van der Waals surface area contributed by atoms with E-state index >= 15 is 0 Å². The van der Waals surface area contributed by atoms with Crippen molar-refractivity contribution in [2.45, 2.75) is 25.9 Å². The van der Waals surface area contributed by atoms with Crippen LogP contribution >= 0.6 is 11.8 Å². The number of carboxylic acids is 1. The molecule has 2 rings (SSSR count). The summed E-state index contributed by atoms with van der Waals surface area (Å²) in [7, 11) is 0. The molecule has 8 nitrogen and oxygen atoms in total. The van der Waals surface area contributed by atoms with Crippen LogP contribution in [0.3, 0.4) is 0 Å². The van der Waals surface area contributed by atoms with Gasteiger partial charge in [0.2, 0.25) is 11.1 Å². The Morgan fingerprint density at radius 1 is 1.39 bits per heavy atom. The van der Waals surface area contributed by atoms with Crippen LogP contribution in [0.25, 0.3) is 11.4 Å². The van der Waals surface area contributed by atoms with Gasteiger partial charge in [0.05, 0.1) is 11.3 Å². The molecular weight excluding hydrogens is 318 g/mol. The summed E-state index contributed by atoms with van der Waals surface area (Å²) in [5, 5.41) is 18.5. The molecule has 0 fully saturated rings. The van der Waals surface area contributed by atoms with Crippen molar-refractivity contribution < 1.29 is 14.7 Å². The van der Waals surface area contributed by atoms with Crippen LogP contribution in [0.2, 0.25) is 0 Å². The van der Waals surface area contributed by atoms with Crippen LogP contribution in [-0.4, -0.2) is 42.9 Å². The average Bonchev–Trinajstić information content (AvgIpc) is 2.93. The van der Waals surface area contributed by atoms with Gasteiger partial charge < -0.3 is 10.4 Å². The number of hydrogen-bond acceptors (Lipinski definition) is 6. The molecular formula is C14H17N5O3S. The zero-order valence-corrected chi connectivity index (χ0v) is 13.8. The fraction of sp³-hybridized carbons (Fsp3) is 0.357. The molecule has 2 aromatic heterocycles. The number of carboxylic acid groups (broad SMARTS) is 1. The maximum absolute atomic E-state index is 12.1. The Labute approximate surface area is 137 Å². The van der Waals surface area contributed by atoms with Gasteiger partial charge in [0.25, 0.3) is 0 Å². The van der Waals surface area contributed by atoms with Gasteiger partial charge in [-0.2, -0.15) is 0 Å². The Balaban J connectivity index is 2.23. The molecule has 1 amide bonds. The molecule has 2 aromatic rings. The fourth-order valence-corrected chi connectivity index (χ4v) is 2.07. The van der Waals surface area contributed by atoms with Gasteiger partial charge in [-0.15, -0.1) is 5.10 Å². The highest BCUT2D eigenvalue weighted by Gasteiger charge is 2.23. The third-order valence-electron chi connectivity index (χ3n) is 2.77. The largest absolute Gasteiger partial charge is 0.481 e. The summed E-state index contributed by atoms with van der Waals surface area (Å²) in [6.07, 6.45) is 1.57. The monoisotopic (exact) mass is 335 g/mol. The molecule has 9 heteroatoms. The molecule has 0 aliphatic rings. The third-order valence-corrected chi connectivity index (χ3v) is 3.60. The number of thioether (sulfide) groups is 1. The summed E-state index contributed by atoms with van der Waals surface area (Å²) in [5.41, 5.74) is 0.0263. The summed E-state index contributed by atoms with van der Waals surface area (Å²) in [5.74, 6) is -0.454. The van der Waals surface area contributed by atoms with Crippen molar-refractivity contribution in [2.24, 2.45) is 5.41 Å². The van der Waals surface area contributed by atoms with E-state index in [9.17, 15) is 9.59 Å². The minimum absolute atomic E-state index is 0.127. The normalized spacial score (nSPS) is 11.3. The van der Waals surface area contributed by atoms with Gasteiger partial charge in [-0.3, -0.25) is 14.7 Å². The number of H-pyrrole nitrogens is 1. The molecule has 0 saturated carbocycles. The van der Waals surface area contributed by atoms with E-state index < -0.39 is 11.4 Å². The van der Waals surface area contributed by atoms with Crippen LogP contribution < -0.4 is 5.32 Å². The predicted molar refractivity (Wildman–Crippen MR) is 86.1 cm³/mol. The summed E-state index contributed by atoms with van der Waals surface area (Å²) < 4.78 is 0. The topological polar surface area (TPSA) is 121 Å². The maximum atomic E-state index is 12.1. The SMILES string of the molecule is CC(C)(C)C(=O)Nc1ncccc1-c1nc(SCC(=O)O)n[nH]1. The number of carbonyl (C=O) groups excluding carboxylic acids is 1. The minimum atomic E-state index is -0.944. The molecule has 23 heavy (non-hydrogen) atoms. The number of pyridine rings is 1. The Bertz CT molecular complexity index is 723. The lowest BCUT2D eigenvalue weighted by Gasteiger charge is -2.18. The molecule has 0 bridgehead atoms. The predicted octanol–water partition coefficient (Wildman–Crippen LogP) is 2.03. The highest BCUT2D eigenvalue weighted by atomic mass is 32.2. The van der Waals surface area contributed by atoms with E-state index in [2.05, 4.69) is 25.5 Å². The first-order valence-electron chi connectivity index (χ1n) is 6.81. The number of hydrogen-bond donors (Lipinski definition) is 3. The van der Waals surface area contributed by atoms with Crippen LogP contribution in [0, 0.1) is 5.41 Å². The van der Waals surface area contributed by atoms with E-state index in [1.807, 2.05) is 0 Å². The second-order valence-corrected chi connectivity index (χ2v) is 6.70. The molecule has 0 saturated heterocycles. The van der Waals surface area contributed by atoms with Crippen molar-refractivity contribution in [3.8, 4) is 11.4 Å². The molecule has 0 aromatic carbocycles. The summed E-state index contributed by atoms with van der Waals surface area (Å²) in [4.78, 5) is 31.1. The lowest BCUT2D eigenvalue weighted by atomic mass is 9.95. The van der Waals surface area contributed by atoms with E-state index in [-0.39, 0.29) is 11.7 Å². The van der Waals surface area contributed by atoms with Gasteiger partial charge in [0.15, 0.2) is 5.82 Å². The van der Waals surface area contributed by atoms with Gasteiger partial charge >= 0.3 is 5.97 Å². The molecule has 0 aliphatic heterocycles. The molecule has 3 N–H and O–H groups in total. The van der Waals surface area contributed by atoms with E-state index in [4.69, 9.17) is 5.11 Å². The van der Waals surface area contributed by atoms with Gasteiger partial charge in [-0.05, 0) is 12.1 Å². The second kappa shape index (κ2) is 6.78. The van der Waals surface area contributed by atoms with Crippen molar-refractivity contribution >= 4 is 29.5 Å². The number of aromatic amines is 1. The lowest BCUT2D eigenvalue weighted by molar-refractivity contribution is -0.134. The Hall–Kier alpha value is -2.42. The highest BCUT2D eigenvalue weighted by molar-refractivity contribution is 7.99. The Morgan fingerprint density at radius 2 is 2.13 bits per heavy atom. The molecule has 0 spiro atoms. The standard InChI is InChI=1S/C14H17N5O3S/c1-14(2,3)12(22)16-10-8(5-4-6-15-10)11-17-13(19-18-11)23-7-9(20)21/h4-6H,7H2,1-3H3,(H,20,21)(H,15,16,22)(H,17,18,19). The summed E-state index contributed by atoms with van der Waals surface area (Å²) in [6.45, 7) is 5.42. The van der Waals surface area contributed by atoms with Crippen molar-refractivity contribution in [1.82, 2.24) is 20.2 Å². The number of anilines is 1. The van der Waals surface area contributed by atoms with E-state index in [0.29, 0.717) is 22.4 Å². The number of aliphatic carboxylic acids is 1. The van der Waals surface area contributed by atoms with Crippen LogP contribution in [0.15, 0.2) is 23.5 Å². The van der Waals surface area contributed by atoms with Crippen molar-refractivity contribution in [3.63, 3.8) is 0 Å². The number of aromatic nitrogens is 4. The molecule has 122 valence electrons. The van der Waals surface area contributed by atoms with Crippen LogP contribution in [0.5, 0.6) is 0 Å². The number of rotatable bonds is 5. The molecule has 0 unspecified atom stereocenters.